The Labute approximate surface area is 362 Å². The number of rotatable bonds is 15. The van der Waals surface area contributed by atoms with Crippen LogP contribution in [0.1, 0.15) is 72.2 Å². The number of nitrogens with one attached hydrogen (secondary N) is 2. The van der Waals surface area contributed by atoms with Crippen LogP contribution >= 0.6 is 23.4 Å². The molecule has 0 bridgehead atoms. The van der Waals surface area contributed by atoms with Crippen LogP contribution in [0.5, 0.6) is 5.75 Å². The monoisotopic (exact) mass is 875 g/mol. The summed E-state index contributed by atoms with van der Waals surface area (Å²) in [5, 5.41) is 26.0. The van der Waals surface area contributed by atoms with Gasteiger partial charge >= 0.3 is 24.1 Å². The number of alkyl carbamates (subject to hydrolysis) is 2. The van der Waals surface area contributed by atoms with E-state index in [9.17, 15) is 29.7 Å². The first-order chi connectivity index (χ1) is 28.7. The van der Waals surface area contributed by atoms with E-state index in [1.807, 2.05) is 6.07 Å². The molecule has 0 aliphatic heterocycles. The fourth-order valence-electron chi connectivity index (χ4n) is 5.11. The topological polar surface area (TPSA) is 251 Å². The molecule has 61 heavy (non-hydrogen) atoms. The van der Waals surface area contributed by atoms with Crippen LogP contribution < -0.4 is 21.1 Å². The molecule has 4 aromatic rings. The van der Waals surface area contributed by atoms with Crippen molar-refractivity contribution in [3.63, 3.8) is 0 Å². The standard InChI is InChI=1S/C42H46ClN7O10S/c1-23(47-39(53)59-41(3,4)5)37(51)57-21-30(58-38(52)24(2)48-40(54)60-42(6,7)8)20-55-29-15-11-25(12-16-29)33-31(17-44)34(46)50-36(32(33)18-45)61-22-28-19-56-35(49-28)26-9-13-27(43)14-10-26/h9-16,19,23-24,30H,20-22H2,1-8H3,(H2,46,50)(H,47,53)(H,48,54)/t23?,24?,30-/m0/s1. The lowest BCUT2D eigenvalue weighted by atomic mass is 9.97. The number of pyridine rings is 1. The average molecular weight is 876 g/mol. The molecule has 17 nitrogen and oxygen atoms in total. The summed E-state index contributed by atoms with van der Waals surface area (Å²) in [6.07, 6.45) is -1.39. The zero-order valence-electron chi connectivity index (χ0n) is 34.8. The van der Waals surface area contributed by atoms with E-state index >= 15 is 0 Å². The summed E-state index contributed by atoms with van der Waals surface area (Å²) in [7, 11) is 0. The molecule has 2 aromatic heterocycles. The van der Waals surface area contributed by atoms with Gasteiger partial charge in [-0.05, 0) is 97.4 Å². The van der Waals surface area contributed by atoms with E-state index in [0.717, 1.165) is 5.56 Å². The summed E-state index contributed by atoms with van der Waals surface area (Å²) in [6, 6.07) is 15.2. The Kier molecular flexibility index (Phi) is 16.0. The fourth-order valence-corrected chi connectivity index (χ4v) is 6.11. The van der Waals surface area contributed by atoms with Crippen molar-refractivity contribution >= 4 is 53.3 Å². The Morgan fingerprint density at radius 1 is 0.820 bits per heavy atom. The molecule has 4 rings (SSSR count). The molecule has 19 heteroatoms. The number of nitrogen functional groups attached to an aromatic ring is 1. The Morgan fingerprint density at radius 3 is 1.93 bits per heavy atom. The van der Waals surface area contributed by atoms with Gasteiger partial charge in [-0.2, -0.15) is 10.5 Å². The minimum absolute atomic E-state index is 0.000630. The van der Waals surface area contributed by atoms with Gasteiger partial charge in [0.1, 0.15) is 77.1 Å². The third kappa shape index (κ3) is 14.3. The Bertz CT molecular complexity index is 2290. The number of nitrogens with zero attached hydrogens (tertiary/aromatic N) is 4. The fraction of sp³-hybridized carbons (Fsp3) is 0.381. The van der Waals surface area contributed by atoms with Crippen molar-refractivity contribution in [2.45, 2.75) is 95.6 Å². The highest BCUT2D eigenvalue weighted by atomic mass is 35.5. The molecule has 0 aliphatic rings. The molecule has 0 saturated heterocycles. The van der Waals surface area contributed by atoms with Crippen LogP contribution in [0.4, 0.5) is 15.4 Å². The predicted molar refractivity (Wildman–Crippen MR) is 224 cm³/mol. The zero-order chi connectivity index (χ0) is 45.1. The van der Waals surface area contributed by atoms with Gasteiger partial charge in [0.25, 0.3) is 0 Å². The van der Waals surface area contributed by atoms with Gasteiger partial charge in [0.05, 0.1) is 11.3 Å². The summed E-state index contributed by atoms with van der Waals surface area (Å²) in [5.41, 5.74) is 6.74. The minimum atomic E-state index is -1.20. The normalized spacial score (nSPS) is 12.7. The van der Waals surface area contributed by atoms with Crippen LogP contribution in [0, 0.1) is 22.7 Å². The molecule has 0 fully saturated rings. The number of aromatic nitrogens is 2. The quantitative estimate of drug-likeness (QED) is 0.0600. The molecule has 0 radical (unpaired) electrons. The smallest absolute Gasteiger partial charge is 0.408 e. The molecular formula is C42H46ClN7O10S. The maximum Gasteiger partial charge on any atom is 0.408 e. The van der Waals surface area contributed by atoms with E-state index in [2.05, 4.69) is 26.7 Å². The first-order valence-electron chi connectivity index (χ1n) is 18.7. The number of hydrogen-bond donors (Lipinski definition) is 3. The highest BCUT2D eigenvalue weighted by molar-refractivity contribution is 7.98. The zero-order valence-corrected chi connectivity index (χ0v) is 36.4. The second-order valence-electron chi connectivity index (χ2n) is 15.4. The molecule has 0 saturated carbocycles. The van der Waals surface area contributed by atoms with Crippen molar-refractivity contribution < 1.29 is 47.3 Å². The predicted octanol–water partition coefficient (Wildman–Crippen LogP) is 7.34. The number of oxazole rings is 1. The summed E-state index contributed by atoms with van der Waals surface area (Å²) in [5.74, 6) is -0.880. The highest BCUT2D eigenvalue weighted by Crippen LogP contribution is 2.37. The van der Waals surface area contributed by atoms with Crippen LogP contribution in [0.3, 0.4) is 0 Å². The second-order valence-corrected chi connectivity index (χ2v) is 16.8. The number of anilines is 1. The van der Waals surface area contributed by atoms with Gasteiger partial charge in [0.15, 0.2) is 6.10 Å². The lowest BCUT2D eigenvalue weighted by Crippen LogP contribution is -2.45. The summed E-state index contributed by atoms with van der Waals surface area (Å²) >= 11 is 7.19. The van der Waals surface area contributed by atoms with Crippen LogP contribution in [0.25, 0.3) is 22.6 Å². The first kappa shape index (κ1) is 47.2. The van der Waals surface area contributed by atoms with E-state index in [0.29, 0.717) is 22.2 Å². The number of halogens is 1. The molecule has 2 unspecified atom stereocenters. The van der Waals surface area contributed by atoms with Gasteiger partial charge < -0.3 is 44.5 Å². The Morgan fingerprint density at radius 2 is 1.38 bits per heavy atom. The maximum absolute atomic E-state index is 13.1. The van der Waals surface area contributed by atoms with Crippen molar-refractivity contribution in [2.24, 2.45) is 0 Å². The number of ether oxygens (including phenoxy) is 5. The van der Waals surface area contributed by atoms with E-state index in [1.165, 1.54) is 31.9 Å². The van der Waals surface area contributed by atoms with E-state index < -0.39 is 60.1 Å². The van der Waals surface area contributed by atoms with Crippen LogP contribution in [0.15, 0.2) is 64.2 Å². The van der Waals surface area contributed by atoms with Crippen molar-refractivity contribution in [3.8, 4) is 40.5 Å². The van der Waals surface area contributed by atoms with Crippen LogP contribution in [0.2, 0.25) is 5.02 Å². The molecule has 0 aliphatic carbocycles. The highest BCUT2D eigenvalue weighted by Gasteiger charge is 2.28. The number of carbonyl (C=O) groups is 4. The lowest BCUT2D eigenvalue weighted by molar-refractivity contribution is -0.162. The number of benzene rings is 2. The SMILES string of the molecule is CC(NC(=O)OC(C)(C)C)C(=O)OC[C@H](COc1ccc(-c2c(C#N)c(N)nc(SCc3coc(-c4ccc(Cl)cc4)n3)c2C#N)cc1)OC(=O)C(C)NC(=O)OC(C)(C)C. The number of thioether (sulfide) groups is 1. The van der Waals surface area contributed by atoms with Crippen molar-refractivity contribution in [1.82, 2.24) is 20.6 Å². The van der Waals surface area contributed by atoms with Gasteiger partial charge in [-0.25, -0.2) is 29.1 Å². The molecule has 4 N–H and O–H groups in total. The lowest BCUT2D eigenvalue weighted by Gasteiger charge is -2.24. The maximum atomic E-state index is 13.1. The Hall–Kier alpha value is -6.50. The number of nitrogens with two attached hydrogens (primary N) is 1. The molecule has 2 aromatic carbocycles. The third-order valence-electron chi connectivity index (χ3n) is 7.86. The van der Waals surface area contributed by atoms with E-state index in [1.54, 1.807) is 90.1 Å². The number of carbonyl (C=O) groups excluding carboxylic acids is 4. The van der Waals surface area contributed by atoms with Gasteiger partial charge in [0.2, 0.25) is 5.89 Å². The van der Waals surface area contributed by atoms with Crippen molar-refractivity contribution in [2.75, 3.05) is 18.9 Å². The number of hydrogen-bond acceptors (Lipinski definition) is 16. The molecule has 2 amide bonds. The summed E-state index contributed by atoms with van der Waals surface area (Å²) in [6.45, 7) is 11.9. The van der Waals surface area contributed by atoms with Crippen molar-refractivity contribution in [1.29, 1.82) is 10.5 Å². The average Bonchev–Trinajstić information content (AvgIpc) is 3.65. The molecule has 3 atom stereocenters. The second kappa shape index (κ2) is 20.7. The molecule has 2 heterocycles. The van der Waals surface area contributed by atoms with Crippen LogP contribution in [-0.2, 0) is 34.3 Å². The molecular weight excluding hydrogens is 830 g/mol. The van der Waals surface area contributed by atoms with Gasteiger partial charge in [0, 0.05) is 21.9 Å². The Balaban J connectivity index is 1.50. The largest absolute Gasteiger partial charge is 0.490 e. The van der Waals surface area contributed by atoms with E-state index in [4.69, 9.17) is 45.4 Å². The molecule has 322 valence electrons. The van der Waals surface area contributed by atoms with Gasteiger partial charge in [-0.3, -0.25) is 0 Å². The van der Waals surface area contributed by atoms with Crippen LogP contribution in [-0.4, -0.2) is 76.7 Å². The van der Waals surface area contributed by atoms with Gasteiger partial charge in [-0.1, -0.05) is 35.5 Å². The molecule has 0 spiro atoms. The minimum Gasteiger partial charge on any atom is -0.490 e. The van der Waals surface area contributed by atoms with Gasteiger partial charge in [-0.15, -0.1) is 0 Å². The van der Waals surface area contributed by atoms with Crippen molar-refractivity contribution in [3.05, 3.63) is 76.6 Å². The van der Waals surface area contributed by atoms with E-state index in [-0.39, 0.29) is 45.6 Å². The summed E-state index contributed by atoms with van der Waals surface area (Å²) < 4.78 is 32.9. The number of nitriles is 2. The number of esters is 2. The first-order valence-corrected chi connectivity index (χ1v) is 20.1. The summed E-state index contributed by atoms with van der Waals surface area (Å²) in [4.78, 5) is 59.2. The third-order valence-corrected chi connectivity index (χ3v) is 9.12. The number of amides is 2.